The first-order chi connectivity index (χ1) is 8.70. The minimum atomic E-state index is -5.61. The van der Waals surface area contributed by atoms with Gasteiger partial charge in [0.05, 0.1) is 11.8 Å². The molecule has 0 aromatic heterocycles. The van der Waals surface area contributed by atoms with E-state index in [1.165, 1.54) is 13.8 Å². The van der Waals surface area contributed by atoms with E-state index in [0.29, 0.717) is 5.56 Å². The second-order valence-electron chi connectivity index (χ2n) is 4.09. The van der Waals surface area contributed by atoms with Gasteiger partial charge in [-0.05, 0) is 18.9 Å². The molecule has 1 aromatic rings. The molecule has 0 fully saturated rings. The summed E-state index contributed by atoms with van der Waals surface area (Å²) in [7, 11) is 0. The number of hydrogen-bond donors (Lipinski definition) is 0. The topological polar surface area (TPSA) is 12.4 Å². The first-order valence-corrected chi connectivity index (χ1v) is 5.76. The third kappa shape index (κ3) is 3.52. The van der Waals surface area contributed by atoms with E-state index >= 15 is 0 Å². The van der Waals surface area contributed by atoms with Crippen molar-refractivity contribution in [1.82, 2.24) is 0 Å². The molecular formula is C13H14F5N. The average Bonchev–Trinajstić information content (AvgIpc) is 2.35. The Morgan fingerprint density at radius 3 is 2.05 bits per heavy atom. The van der Waals surface area contributed by atoms with Crippen molar-refractivity contribution in [1.29, 1.82) is 0 Å². The first-order valence-electron chi connectivity index (χ1n) is 5.76. The molecule has 0 bridgehead atoms. The van der Waals surface area contributed by atoms with Gasteiger partial charge in [-0.2, -0.15) is 22.0 Å². The van der Waals surface area contributed by atoms with E-state index < -0.39 is 30.3 Å². The van der Waals surface area contributed by atoms with Gasteiger partial charge in [0.2, 0.25) is 0 Å². The number of alkyl halides is 5. The minimum Gasteiger partial charge on any atom is -0.280 e. The summed E-state index contributed by atoms with van der Waals surface area (Å²) in [6.45, 7) is 2.72. The fourth-order valence-electron chi connectivity index (χ4n) is 1.60. The lowest BCUT2D eigenvalue weighted by molar-refractivity contribution is -0.249. The monoisotopic (exact) mass is 279 g/mol. The van der Waals surface area contributed by atoms with Gasteiger partial charge in [0.15, 0.2) is 0 Å². The summed E-state index contributed by atoms with van der Waals surface area (Å²) in [5, 5.41) is 0. The van der Waals surface area contributed by atoms with E-state index in [1.807, 2.05) is 0 Å². The molecule has 0 heterocycles. The summed E-state index contributed by atoms with van der Waals surface area (Å²) in [4.78, 5) is 3.55. The highest BCUT2D eigenvalue weighted by Crippen LogP contribution is 2.38. The lowest BCUT2D eigenvalue weighted by Crippen LogP contribution is -2.44. The molecule has 0 amide bonds. The molecule has 0 saturated heterocycles. The van der Waals surface area contributed by atoms with Gasteiger partial charge in [-0.15, -0.1) is 0 Å². The van der Waals surface area contributed by atoms with Crippen LogP contribution in [0.1, 0.15) is 31.9 Å². The Morgan fingerprint density at radius 2 is 1.63 bits per heavy atom. The van der Waals surface area contributed by atoms with Gasteiger partial charge >= 0.3 is 12.1 Å². The van der Waals surface area contributed by atoms with Gasteiger partial charge in [-0.3, -0.25) is 4.99 Å². The average molecular weight is 279 g/mol. The van der Waals surface area contributed by atoms with E-state index in [4.69, 9.17) is 0 Å². The molecule has 0 N–H and O–H groups in total. The maximum Gasteiger partial charge on any atom is 0.459 e. The minimum absolute atomic E-state index is 0.455. The van der Waals surface area contributed by atoms with Gasteiger partial charge < -0.3 is 0 Å². The summed E-state index contributed by atoms with van der Waals surface area (Å²) in [5.74, 6) is -4.88. The van der Waals surface area contributed by atoms with Crippen molar-refractivity contribution >= 4 is 5.71 Å². The predicted octanol–water partition coefficient (Wildman–Crippen LogP) is 4.80. The molecule has 1 atom stereocenters. The van der Waals surface area contributed by atoms with Crippen molar-refractivity contribution in [2.75, 3.05) is 0 Å². The zero-order valence-electron chi connectivity index (χ0n) is 10.5. The Bertz CT molecular complexity index is 436. The SMILES string of the molecule is CCC(=N[C@@H](C)c1ccccc1)C(F)(F)C(F)(F)F. The maximum atomic E-state index is 13.2. The largest absolute Gasteiger partial charge is 0.459 e. The Labute approximate surface area is 108 Å². The van der Waals surface area contributed by atoms with Crippen LogP contribution in [-0.4, -0.2) is 17.8 Å². The van der Waals surface area contributed by atoms with Crippen LogP contribution in [-0.2, 0) is 0 Å². The molecule has 6 heteroatoms. The Balaban J connectivity index is 3.07. The molecule has 0 aliphatic heterocycles. The number of nitrogens with zero attached hydrogens (tertiary/aromatic N) is 1. The predicted molar refractivity (Wildman–Crippen MR) is 63.6 cm³/mol. The van der Waals surface area contributed by atoms with Crippen molar-refractivity contribution in [3.05, 3.63) is 35.9 Å². The van der Waals surface area contributed by atoms with Crippen LogP contribution in [0.2, 0.25) is 0 Å². The van der Waals surface area contributed by atoms with Gasteiger partial charge in [-0.1, -0.05) is 37.3 Å². The number of halogens is 5. The normalized spacial score (nSPS) is 15.4. The molecule has 1 nitrogen and oxygen atoms in total. The molecule has 0 aliphatic rings. The molecule has 0 saturated carbocycles. The molecule has 0 spiro atoms. The maximum absolute atomic E-state index is 13.2. The number of rotatable bonds is 4. The molecule has 0 unspecified atom stereocenters. The van der Waals surface area contributed by atoms with Crippen LogP contribution in [0, 0.1) is 0 Å². The quantitative estimate of drug-likeness (QED) is 0.554. The van der Waals surface area contributed by atoms with Crippen LogP contribution >= 0.6 is 0 Å². The molecule has 19 heavy (non-hydrogen) atoms. The van der Waals surface area contributed by atoms with Crippen LogP contribution in [0.15, 0.2) is 35.3 Å². The van der Waals surface area contributed by atoms with E-state index in [9.17, 15) is 22.0 Å². The summed E-state index contributed by atoms with van der Waals surface area (Å²) in [5.41, 5.74) is -0.553. The highest BCUT2D eigenvalue weighted by Gasteiger charge is 2.60. The molecular weight excluding hydrogens is 265 g/mol. The van der Waals surface area contributed by atoms with Gasteiger partial charge in [0, 0.05) is 0 Å². The molecule has 1 aromatic carbocycles. The van der Waals surface area contributed by atoms with E-state index in [-0.39, 0.29) is 0 Å². The smallest absolute Gasteiger partial charge is 0.280 e. The van der Waals surface area contributed by atoms with Crippen molar-refractivity contribution in [3.63, 3.8) is 0 Å². The van der Waals surface area contributed by atoms with Crippen molar-refractivity contribution in [3.8, 4) is 0 Å². The van der Waals surface area contributed by atoms with Gasteiger partial charge in [0.25, 0.3) is 0 Å². The highest BCUT2D eigenvalue weighted by atomic mass is 19.4. The lowest BCUT2D eigenvalue weighted by atomic mass is 10.1. The lowest BCUT2D eigenvalue weighted by Gasteiger charge is -2.22. The van der Waals surface area contributed by atoms with E-state index in [0.717, 1.165) is 0 Å². The molecule has 0 aliphatic carbocycles. The first kappa shape index (κ1) is 15.6. The highest BCUT2D eigenvalue weighted by molar-refractivity contribution is 5.91. The van der Waals surface area contributed by atoms with Gasteiger partial charge in [0.1, 0.15) is 0 Å². The van der Waals surface area contributed by atoms with Crippen molar-refractivity contribution in [2.45, 2.75) is 38.4 Å². The zero-order chi connectivity index (χ0) is 14.7. The fourth-order valence-corrected chi connectivity index (χ4v) is 1.60. The number of hydrogen-bond acceptors (Lipinski definition) is 1. The van der Waals surface area contributed by atoms with Gasteiger partial charge in [-0.25, -0.2) is 0 Å². The van der Waals surface area contributed by atoms with Crippen molar-refractivity contribution in [2.24, 2.45) is 4.99 Å². The standard InChI is InChI=1S/C13H14F5N/c1-3-11(12(14,15)13(16,17)18)19-9(2)10-7-5-4-6-8-10/h4-9H,3H2,1-2H3/t9-/m0/s1. The van der Waals surface area contributed by atoms with Crippen LogP contribution in [0.5, 0.6) is 0 Å². The Morgan fingerprint density at radius 1 is 1.11 bits per heavy atom. The van der Waals surface area contributed by atoms with E-state index in [2.05, 4.69) is 4.99 Å². The van der Waals surface area contributed by atoms with Crippen LogP contribution < -0.4 is 0 Å². The third-order valence-corrected chi connectivity index (χ3v) is 2.68. The molecule has 106 valence electrons. The molecule has 0 radical (unpaired) electrons. The second-order valence-corrected chi connectivity index (χ2v) is 4.09. The van der Waals surface area contributed by atoms with E-state index in [1.54, 1.807) is 30.3 Å². The fraction of sp³-hybridized carbons (Fsp3) is 0.462. The summed E-state index contributed by atoms with van der Waals surface area (Å²) < 4.78 is 63.3. The summed E-state index contributed by atoms with van der Waals surface area (Å²) >= 11 is 0. The van der Waals surface area contributed by atoms with Crippen LogP contribution in [0.25, 0.3) is 0 Å². The number of benzene rings is 1. The third-order valence-electron chi connectivity index (χ3n) is 2.68. The zero-order valence-corrected chi connectivity index (χ0v) is 10.5. The Hall–Kier alpha value is -1.46. The molecule has 1 rings (SSSR count). The second kappa shape index (κ2) is 5.67. The van der Waals surface area contributed by atoms with Crippen LogP contribution in [0.3, 0.4) is 0 Å². The summed E-state index contributed by atoms with van der Waals surface area (Å²) in [6.07, 6.45) is -6.07. The van der Waals surface area contributed by atoms with Crippen molar-refractivity contribution < 1.29 is 22.0 Å². The van der Waals surface area contributed by atoms with Crippen LogP contribution in [0.4, 0.5) is 22.0 Å². The number of aliphatic imine (C=N–C) groups is 1. The summed E-state index contributed by atoms with van der Waals surface area (Å²) in [6, 6.07) is 7.60. The Kier molecular flexibility index (Phi) is 4.66.